The molecule has 3 fully saturated rings. The number of nitrogens with zero attached hydrogens (tertiary/aromatic N) is 7. The van der Waals surface area contributed by atoms with Crippen LogP contribution in [0, 0.1) is 23.7 Å². The number of carbonyl (C=O) groups excluding carboxylic acids is 1. The van der Waals surface area contributed by atoms with Crippen molar-refractivity contribution in [3.8, 4) is 23.3 Å². The van der Waals surface area contributed by atoms with Gasteiger partial charge in [0.05, 0.1) is 17.4 Å². The Hall–Kier alpha value is -3.97. The van der Waals surface area contributed by atoms with Crippen molar-refractivity contribution in [2.75, 3.05) is 51.2 Å². The number of hydrogen-bond acceptors (Lipinski definition) is 8. The molecule has 2 aromatic heterocycles. The van der Waals surface area contributed by atoms with E-state index >= 15 is 0 Å². The molecule has 0 aliphatic carbocycles. The molecule has 1 aromatic carbocycles. The second-order valence-corrected chi connectivity index (χ2v) is 10.9. The quantitative estimate of drug-likeness (QED) is 0.519. The molecule has 0 unspecified atom stereocenters. The summed E-state index contributed by atoms with van der Waals surface area (Å²) < 4.78 is 6.38. The van der Waals surface area contributed by atoms with Crippen molar-refractivity contribution in [3.63, 3.8) is 0 Å². The van der Waals surface area contributed by atoms with E-state index in [-0.39, 0.29) is 17.4 Å². The van der Waals surface area contributed by atoms with E-state index in [1.54, 1.807) is 6.20 Å². The van der Waals surface area contributed by atoms with Gasteiger partial charge in [0.25, 0.3) is 0 Å². The maximum absolute atomic E-state index is 12.1. The van der Waals surface area contributed by atoms with Crippen LogP contribution in [-0.4, -0.2) is 88.3 Å². The van der Waals surface area contributed by atoms with Crippen molar-refractivity contribution < 1.29 is 9.53 Å². The van der Waals surface area contributed by atoms with Gasteiger partial charge in [0.1, 0.15) is 17.7 Å². The minimum Gasteiger partial charge on any atom is -0.460 e. The topological polar surface area (TPSA) is 114 Å². The lowest BCUT2D eigenvalue weighted by molar-refractivity contribution is -0.136. The highest BCUT2D eigenvalue weighted by atomic mass is 16.5. The van der Waals surface area contributed by atoms with Crippen LogP contribution in [0.5, 0.6) is 6.01 Å². The third kappa shape index (κ3) is 4.17. The van der Waals surface area contributed by atoms with E-state index in [1.165, 1.54) is 6.08 Å². The van der Waals surface area contributed by atoms with Gasteiger partial charge in [-0.1, -0.05) is 12.6 Å². The molecule has 38 heavy (non-hydrogen) atoms. The summed E-state index contributed by atoms with van der Waals surface area (Å²) in [5.74, 6) is 0.569. The van der Waals surface area contributed by atoms with Gasteiger partial charge < -0.3 is 19.4 Å². The first-order chi connectivity index (χ1) is 18.4. The molecule has 3 saturated heterocycles. The third-order valence-corrected chi connectivity index (χ3v) is 8.26. The second-order valence-electron chi connectivity index (χ2n) is 10.9. The van der Waals surface area contributed by atoms with Gasteiger partial charge in [0.2, 0.25) is 5.91 Å². The summed E-state index contributed by atoms with van der Waals surface area (Å²) in [5.41, 5.74) is 3.77. The van der Waals surface area contributed by atoms with E-state index in [1.807, 2.05) is 24.0 Å². The fourth-order valence-electron chi connectivity index (χ4n) is 6.11. The SMILES string of the molecule is C=CC(=O)N1CC2(CCN(c3nc(OC4CCN(C)CC4)nc(-c4c(C)ccc5[nH]ncc45)c3C#N)C2)C1. The Morgan fingerprint density at radius 2 is 2.03 bits per heavy atom. The summed E-state index contributed by atoms with van der Waals surface area (Å²) in [6.07, 6.45) is 5.92. The number of H-pyrrole nitrogens is 1. The Morgan fingerprint density at radius 3 is 2.76 bits per heavy atom. The van der Waals surface area contributed by atoms with Crippen molar-refractivity contribution in [2.24, 2.45) is 5.41 Å². The van der Waals surface area contributed by atoms with Gasteiger partial charge in [0, 0.05) is 55.6 Å². The Morgan fingerprint density at radius 1 is 1.24 bits per heavy atom. The van der Waals surface area contributed by atoms with Crippen LogP contribution < -0.4 is 9.64 Å². The van der Waals surface area contributed by atoms with Crippen LogP contribution in [0.1, 0.15) is 30.4 Å². The molecule has 196 valence electrons. The zero-order chi connectivity index (χ0) is 26.4. The summed E-state index contributed by atoms with van der Waals surface area (Å²) in [6.45, 7) is 10.4. The fraction of sp³-hybridized carbons (Fsp3) is 0.464. The zero-order valence-corrected chi connectivity index (χ0v) is 21.9. The lowest BCUT2D eigenvalue weighted by atomic mass is 9.79. The molecule has 0 atom stereocenters. The predicted molar refractivity (Wildman–Crippen MR) is 144 cm³/mol. The normalized spacial score (nSPS) is 19.5. The number of aromatic nitrogens is 4. The number of hydrogen-bond donors (Lipinski definition) is 1. The molecular weight excluding hydrogens is 480 g/mol. The van der Waals surface area contributed by atoms with Crippen LogP contribution in [0.2, 0.25) is 0 Å². The Kier molecular flexibility index (Phi) is 6.03. The number of anilines is 1. The molecule has 5 heterocycles. The highest BCUT2D eigenvalue weighted by molar-refractivity contribution is 5.97. The number of ether oxygens (including phenoxy) is 1. The van der Waals surface area contributed by atoms with Crippen LogP contribution in [0.25, 0.3) is 22.2 Å². The fourth-order valence-corrected chi connectivity index (χ4v) is 6.11. The van der Waals surface area contributed by atoms with Crippen LogP contribution in [0.3, 0.4) is 0 Å². The van der Waals surface area contributed by atoms with E-state index in [2.05, 4.69) is 39.7 Å². The van der Waals surface area contributed by atoms with Gasteiger partial charge in [-0.2, -0.15) is 20.3 Å². The molecule has 3 aliphatic rings. The molecule has 3 aliphatic heterocycles. The van der Waals surface area contributed by atoms with Crippen molar-refractivity contribution in [3.05, 3.63) is 42.1 Å². The smallest absolute Gasteiger partial charge is 0.319 e. The van der Waals surface area contributed by atoms with Crippen LogP contribution in [0.4, 0.5) is 5.82 Å². The number of amides is 1. The summed E-state index contributed by atoms with van der Waals surface area (Å²) in [7, 11) is 2.12. The van der Waals surface area contributed by atoms with Gasteiger partial charge >= 0.3 is 6.01 Å². The number of rotatable bonds is 5. The number of aromatic amines is 1. The van der Waals surface area contributed by atoms with E-state index in [9.17, 15) is 10.1 Å². The number of nitrogens with one attached hydrogen (secondary N) is 1. The Bertz CT molecular complexity index is 1440. The number of nitriles is 1. The second kappa shape index (κ2) is 9.40. The number of carbonyl (C=O) groups is 1. The van der Waals surface area contributed by atoms with Gasteiger partial charge in [-0.05, 0) is 50.9 Å². The largest absolute Gasteiger partial charge is 0.460 e. The highest BCUT2D eigenvalue weighted by Gasteiger charge is 2.49. The first-order valence-corrected chi connectivity index (χ1v) is 13.2. The first kappa shape index (κ1) is 24.4. The van der Waals surface area contributed by atoms with E-state index < -0.39 is 0 Å². The summed E-state index contributed by atoms with van der Waals surface area (Å²) in [4.78, 5) is 28.1. The standard InChI is InChI=1S/C28H32N8O2/c1-4-23(37)36-16-28(17-36)9-12-35(15-28)26-20(13-29)25(24-18(2)5-6-22-21(24)14-30-33-22)31-27(32-26)38-19-7-10-34(3)11-8-19/h4-6,14,19H,1,7-12,15-17H2,2-3H3,(H,30,33). The van der Waals surface area contributed by atoms with Gasteiger partial charge in [-0.3, -0.25) is 9.89 Å². The van der Waals surface area contributed by atoms with Crippen LogP contribution >= 0.6 is 0 Å². The molecule has 3 aromatic rings. The lowest BCUT2D eigenvalue weighted by Crippen LogP contribution is -2.59. The maximum Gasteiger partial charge on any atom is 0.319 e. The van der Waals surface area contributed by atoms with Crippen LogP contribution in [0.15, 0.2) is 31.0 Å². The first-order valence-electron chi connectivity index (χ1n) is 13.2. The zero-order valence-electron chi connectivity index (χ0n) is 21.9. The van der Waals surface area contributed by atoms with Gasteiger partial charge in [-0.25, -0.2) is 0 Å². The molecule has 10 nitrogen and oxygen atoms in total. The molecule has 0 saturated carbocycles. The van der Waals surface area contributed by atoms with Crippen molar-refractivity contribution in [1.29, 1.82) is 5.26 Å². The summed E-state index contributed by atoms with van der Waals surface area (Å²) in [6, 6.07) is 6.73. The molecule has 6 rings (SSSR count). The molecule has 0 radical (unpaired) electrons. The summed E-state index contributed by atoms with van der Waals surface area (Å²) >= 11 is 0. The van der Waals surface area contributed by atoms with Gasteiger partial charge in [-0.15, -0.1) is 0 Å². The average molecular weight is 513 g/mol. The third-order valence-electron chi connectivity index (χ3n) is 8.26. The van der Waals surface area contributed by atoms with Crippen LogP contribution in [-0.2, 0) is 4.79 Å². The number of benzene rings is 1. The Balaban J connectivity index is 1.41. The minimum atomic E-state index is -0.0337. The number of likely N-dealkylation sites (tertiary alicyclic amines) is 2. The molecule has 1 amide bonds. The van der Waals surface area contributed by atoms with E-state index in [4.69, 9.17) is 14.7 Å². The lowest BCUT2D eigenvalue weighted by Gasteiger charge is -2.47. The maximum atomic E-state index is 12.1. The molecule has 10 heteroatoms. The molecule has 0 bridgehead atoms. The predicted octanol–water partition coefficient (Wildman–Crippen LogP) is 2.90. The molecule has 1 spiro atoms. The summed E-state index contributed by atoms with van der Waals surface area (Å²) in [5, 5.41) is 18.6. The molecule has 1 N–H and O–H groups in total. The minimum absolute atomic E-state index is 0.00592. The van der Waals surface area contributed by atoms with Crippen molar-refractivity contribution >= 4 is 22.6 Å². The number of fused-ring (bicyclic) bond motifs is 1. The monoisotopic (exact) mass is 512 g/mol. The van der Waals surface area contributed by atoms with Gasteiger partial charge in [0.15, 0.2) is 5.82 Å². The average Bonchev–Trinajstić information content (AvgIpc) is 3.56. The number of piperidine rings is 1. The highest BCUT2D eigenvalue weighted by Crippen LogP contribution is 2.43. The Labute approximate surface area is 221 Å². The van der Waals surface area contributed by atoms with E-state index in [0.717, 1.165) is 67.5 Å². The van der Waals surface area contributed by atoms with E-state index in [0.29, 0.717) is 36.2 Å². The van der Waals surface area contributed by atoms with Crippen molar-refractivity contribution in [1.82, 2.24) is 30.0 Å². The number of aryl methyl sites for hydroxylation is 1. The molecular formula is C28H32N8O2. The van der Waals surface area contributed by atoms with Crippen molar-refractivity contribution in [2.45, 2.75) is 32.3 Å².